The van der Waals surface area contributed by atoms with E-state index in [4.69, 9.17) is 21.1 Å². The molecule has 146 valence electrons. The van der Waals surface area contributed by atoms with Crippen LogP contribution in [0.4, 0.5) is 0 Å². The van der Waals surface area contributed by atoms with Crippen molar-refractivity contribution in [1.82, 2.24) is 14.8 Å². The maximum atomic E-state index is 12.5. The summed E-state index contributed by atoms with van der Waals surface area (Å²) >= 11 is 5.81. The zero-order valence-corrected chi connectivity index (χ0v) is 17.2. The van der Waals surface area contributed by atoms with E-state index in [1.165, 1.54) is 0 Å². The molecule has 0 saturated carbocycles. The summed E-state index contributed by atoms with van der Waals surface area (Å²) in [5, 5.41) is 4.31. The van der Waals surface area contributed by atoms with Gasteiger partial charge in [-0.3, -0.25) is 0 Å². The van der Waals surface area contributed by atoms with Crippen LogP contribution in [0, 0.1) is 6.92 Å². The van der Waals surface area contributed by atoms with Crippen molar-refractivity contribution in [2.45, 2.75) is 46.1 Å². The molecule has 0 bridgehead atoms. The highest BCUT2D eigenvalue weighted by atomic mass is 35.5. The lowest BCUT2D eigenvalue weighted by Crippen LogP contribution is -2.25. The number of halogens is 1. The van der Waals surface area contributed by atoms with Gasteiger partial charge < -0.3 is 9.47 Å². The molecule has 0 aliphatic rings. The summed E-state index contributed by atoms with van der Waals surface area (Å²) in [4.78, 5) is 16.7. The molecule has 1 aromatic heterocycles. The lowest BCUT2D eigenvalue weighted by atomic mass is 10.1. The molecule has 0 saturated heterocycles. The van der Waals surface area contributed by atoms with Crippen molar-refractivity contribution in [2.24, 2.45) is 0 Å². The summed E-state index contributed by atoms with van der Waals surface area (Å²) in [6.07, 6.45) is 4.69. The van der Waals surface area contributed by atoms with Gasteiger partial charge in [-0.25, -0.2) is 14.5 Å². The maximum Gasteiger partial charge on any atom is 0.334 e. The Morgan fingerprint density at radius 1 is 1.33 bits per heavy atom. The highest BCUT2D eigenvalue weighted by Gasteiger charge is 2.20. The Kier molecular flexibility index (Phi) is 7.02. The number of aromatic nitrogens is 3. The fourth-order valence-corrected chi connectivity index (χ4v) is 2.60. The van der Waals surface area contributed by atoms with Gasteiger partial charge in [0.25, 0.3) is 0 Å². The molecule has 2 rings (SSSR count). The monoisotopic (exact) mass is 391 g/mol. The largest absolute Gasteiger partial charge is 0.494 e. The number of ether oxygens (including phenoxy) is 2. The molecule has 0 unspecified atom stereocenters. The predicted octanol–water partition coefficient (Wildman–Crippen LogP) is 4.33. The molecule has 0 aliphatic carbocycles. The number of methoxy groups -OCH3 is 1. The highest BCUT2D eigenvalue weighted by Crippen LogP contribution is 2.26. The predicted molar refractivity (Wildman–Crippen MR) is 106 cm³/mol. The molecule has 0 aliphatic heterocycles. The van der Waals surface area contributed by atoms with Gasteiger partial charge in [0.05, 0.1) is 7.11 Å². The third kappa shape index (κ3) is 6.10. The summed E-state index contributed by atoms with van der Waals surface area (Å²) in [5.41, 5.74) is 1.64. The Morgan fingerprint density at radius 3 is 2.63 bits per heavy atom. The van der Waals surface area contributed by atoms with Crippen LogP contribution in [0.25, 0.3) is 11.8 Å². The molecule has 1 aromatic carbocycles. The topological polar surface area (TPSA) is 66.2 Å². The highest BCUT2D eigenvalue weighted by molar-refractivity contribution is 6.17. The average molecular weight is 392 g/mol. The van der Waals surface area contributed by atoms with E-state index in [1.54, 1.807) is 18.1 Å². The quantitative estimate of drug-likeness (QED) is 0.399. The molecular formula is C20H26ClN3O3. The second kappa shape index (κ2) is 9.04. The van der Waals surface area contributed by atoms with Gasteiger partial charge >= 0.3 is 5.97 Å². The first-order valence-electron chi connectivity index (χ1n) is 8.80. The maximum absolute atomic E-state index is 12.5. The number of nitrogens with zero attached hydrogens (tertiary/aromatic N) is 3. The summed E-state index contributed by atoms with van der Waals surface area (Å²) in [6, 6.07) is 5.64. The standard InChI is InChI=1S/C20H26ClN3O3/c1-14-22-13-24(23-14)17-9-8-15(12-18(17)26-5)11-16(7-6-10-21)19(25)27-20(2,3)4/h8-9,11-13H,6-7,10H2,1-5H3. The van der Waals surface area contributed by atoms with Gasteiger partial charge in [-0.2, -0.15) is 5.10 Å². The van der Waals surface area contributed by atoms with Crippen LogP contribution in [-0.2, 0) is 9.53 Å². The van der Waals surface area contributed by atoms with Crippen LogP contribution in [0.1, 0.15) is 45.0 Å². The second-order valence-electron chi connectivity index (χ2n) is 7.13. The van der Waals surface area contributed by atoms with E-state index >= 15 is 0 Å². The van der Waals surface area contributed by atoms with E-state index in [-0.39, 0.29) is 5.97 Å². The number of hydrogen-bond donors (Lipinski definition) is 0. The van der Waals surface area contributed by atoms with Crippen LogP contribution in [0.3, 0.4) is 0 Å². The van der Waals surface area contributed by atoms with Gasteiger partial charge in [-0.1, -0.05) is 6.07 Å². The summed E-state index contributed by atoms with van der Waals surface area (Å²) < 4.78 is 12.7. The van der Waals surface area contributed by atoms with E-state index in [2.05, 4.69) is 10.1 Å². The molecule has 0 amide bonds. The minimum atomic E-state index is -0.552. The number of esters is 1. The Bertz CT molecular complexity index is 822. The number of hydrogen-bond acceptors (Lipinski definition) is 5. The van der Waals surface area contributed by atoms with Gasteiger partial charge in [0.2, 0.25) is 0 Å². The van der Waals surface area contributed by atoms with E-state index in [1.807, 2.05) is 52.0 Å². The van der Waals surface area contributed by atoms with Crippen molar-refractivity contribution >= 4 is 23.6 Å². The van der Waals surface area contributed by atoms with Crippen molar-refractivity contribution < 1.29 is 14.3 Å². The fourth-order valence-electron chi connectivity index (χ4n) is 2.47. The van der Waals surface area contributed by atoms with Crippen molar-refractivity contribution in [2.75, 3.05) is 13.0 Å². The van der Waals surface area contributed by atoms with Gasteiger partial charge in [-0.15, -0.1) is 11.6 Å². The van der Waals surface area contributed by atoms with Gasteiger partial charge in [0, 0.05) is 11.5 Å². The number of carbonyl (C=O) groups excluding carboxylic acids is 1. The average Bonchev–Trinajstić information content (AvgIpc) is 3.03. The van der Waals surface area contributed by atoms with Crippen LogP contribution in [0.15, 0.2) is 30.1 Å². The van der Waals surface area contributed by atoms with Crippen LogP contribution < -0.4 is 4.74 Å². The molecule has 0 atom stereocenters. The summed E-state index contributed by atoms with van der Waals surface area (Å²) in [5.74, 6) is 1.46. The van der Waals surface area contributed by atoms with Crippen molar-refractivity contribution in [3.05, 3.63) is 41.5 Å². The first kappa shape index (κ1) is 21.0. The van der Waals surface area contributed by atoms with Crippen molar-refractivity contribution in [1.29, 1.82) is 0 Å². The fraction of sp³-hybridized carbons (Fsp3) is 0.450. The van der Waals surface area contributed by atoms with E-state index in [0.717, 1.165) is 11.3 Å². The van der Waals surface area contributed by atoms with E-state index in [0.29, 0.717) is 35.9 Å². The van der Waals surface area contributed by atoms with E-state index in [9.17, 15) is 4.79 Å². The minimum absolute atomic E-state index is 0.331. The minimum Gasteiger partial charge on any atom is -0.494 e. The summed E-state index contributed by atoms with van der Waals surface area (Å²) in [6.45, 7) is 7.37. The smallest absolute Gasteiger partial charge is 0.334 e. The molecule has 0 spiro atoms. The zero-order valence-electron chi connectivity index (χ0n) is 16.5. The third-order valence-corrected chi connectivity index (χ3v) is 3.91. The van der Waals surface area contributed by atoms with Crippen LogP contribution in [0.5, 0.6) is 5.75 Å². The number of benzene rings is 1. The van der Waals surface area contributed by atoms with Crippen LogP contribution >= 0.6 is 11.6 Å². The normalized spacial score (nSPS) is 12.1. The number of alkyl halides is 1. The molecule has 0 radical (unpaired) electrons. The molecule has 7 heteroatoms. The molecule has 2 aromatic rings. The van der Waals surface area contributed by atoms with Crippen LogP contribution in [-0.4, -0.2) is 39.3 Å². The number of aryl methyl sites for hydroxylation is 1. The van der Waals surface area contributed by atoms with Gasteiger partial charge in [0.1, 0.15) is 29.2 Å². The molecule has 1 heterocycles. The molecule has 0 N–H and O–H groups in total. The van der Waals surface area contributed by atoms with Crippen molar-refractivity contribution in [3.8, 4) is 11.4 Å². The molecule has 27 heavy (non-hydrogen) atoms. The second-order valence-corrected chi connectivity index (χ2v) is 7.51. The lowest BCUT2D eigenvalue weighted by molar-refractivity contribution is -0.149. The number of rotatable bonds is 7. The number of carbonyl (C=O) groups is 1. The van der Waals surface area contributed by atoms with Gasteiger partial charge in [-0.05, 0) is 64.3 Å². The van der Waals surface area contributed by atoms with Gasteiger partial charge in [0.15, 0.2) is 0 Å². The molecule has 6 nitrogen and oxygen atoms in total. The Morgan fingerprint density at radius 2 is 2.07 bits per heavy atom. The molecular weight excluding hydrogens is 366 g/mol. The first-order valence-corrected chi connectivity index (χ1v) is 9.33. The third-order valence-electron chi connectivity index (χ3n) is 3.64. The Balaban J connectivity index is 2.36. The summed E-state index contributed by atoms with van der Waals surface area (Å²) in [7, 11) is 1.60. The Hall–Kier alpha value is -2.34. The lowest BCUT2D eigenvalue weighted by Gasteiger charge is -2.20. The first-order chi connectivity index (χ1) is 12.7. The Labute approximate surface area is 165 Å². The zero-order chi connectivity index (χ0) is 20.0. The van der Waals surface area contributed by atoms with E-state index < -0.39 is 5.60 Å². The molecule has 0 fully saturated rings. The van der Waals surface area contributed by atoms with Crippen LogP contribution in [0.2, 0.25) is 0 Å². The van der Waals surface area contributed by atoms with Crippen molar-refractivity contribution in [3.63, 3.8) is 0 Å². The SMILES string of the molecule is COc1cc(C=C(CCCCl)C(=O)OC(C)(C)C)ccc1-n1cnc(C)n1.